The van der Waals surface area contributed by atoms with Crippen LogP contribution in [0.15, 0.2) is 40.4 Å². The van der Waals surface area contributed by atoms with Crippen LogP contribution in [0.2, 0.25) is 0 Å². The number of nitrogens with one attached hydrogen (secondary N) is 2. The van der Waals surface area contributed by atoms with Crippen molar-refractivity contribution in [1.29, 1.82) is 0 Å². The molecular weight excluding hydrogens is 361 g/mol. The van der Waals surface area contributed by atoms with Crippen molar-refractivity contribution in [2.24, 2.45) is 0 Å². The third-order valence-corrected chi connectivity index (χ3v) is 4.34. The summed E-state index contributed by atoms with van der Waals surface area (Å²) in [7, 11) is 0. The van der Waals surface area contributed by atoms with Crippen LogP contribution in [0.5, 0.6) is 0 Å². The van der Waals surface area contributed by atoms with Gasteiger partial charge < -0.3 is 20.5 Å². The van der Waals surface area contributed by atoms with E-state index in [-0.39, 0.29) is 18.0 Å². The highest BCUT2D eigenvalue weighted by atomic mass is 32.2. The lowest BCUT2D eigenvalue weighted by molar-refractivity contribution is 0.105. The fourth-order valence-electron chi connectivity index (χ4n) is 2.14. The summed E-state index contributed by atoms with van der Waals surface area (Å²) < 4.78 is 13.8. The van der Waals surface area contributed by atoms with E-state index in [0.29, 0.717) is 27.8 Å². The van der Waals surface area contributed by atoms with Gasteiger partial charge in [-0.25, -0.2) is 19.3 Å². The first kappa shape index (κ1) is 18.2. The first-order valence-electron chi connectivity index (χ1n) is 7.73. The van der Waals surface area contributed by atoms with Crippen LogP contribution >= 0.6 is 11.8 Å². The molecule has 0 spiro atoms. The maximum atomic E-state index is 13.8. The number of aliphatic hydroxyl groups is 2. The molecule has 1 unspecified atom stereocenters. The number of fused-ring (bicyclic) bond motifs is 1. The van der Waals surface area contributed by atoms with E-state index in [0.717, 1.165) is 6.20 Å². The van der Waals surface area contributed by atoms with E-state index in [2.05, 4.69) is 25.3 Å². The number of benzene rings is 1. The zero-order valence-corrected chi connectivity index (χ0v) is 14.3. The monoisotopic (exact) mass is 377 g/mol. The Bertz CT molecular complexity index is 968. The first-order chi connectivity index (χ1) is 12.6. The summed E-state index contributed by atoms with van der Waals surface area (Å²) in [5, 5.41) is 21.6. The maximum Gasteiger partial charge on any atom is 0.268 e. The summed E-state index contributed by atoms with van der Waals surface area (Å²) in [5.74, 6) is 0.288. The van der Waals surface area contributed by atoms with Gasteiger partial charge in [-0.15, -0.1) is 0 Å². The van der Waals surface area contributed by atoms with Crippen molar-refractivity contribution in [3.8, 4) is 0 Å². The van der Waals surface area contributed by atoms with E-state index < -0.39 is 18.3 Å². The Morgan fingerprint density at radius 2 is 2.12 bits per heavy atom. The molecule has 0 saturated heterocycles. The Balaban J connectivity index is 1.89. The molecule has 4 N–H and O–H groups in total. The van der Waals surface area contributed by atoms with Crippen molar-refractivity contribution in [3.05, 3.63) is 52.2 Å². The van der Waals surface area contributed by atoms with Crippen molar-refractivity contribution in [1.82, 2.24) is 19.9 Å². The van der Waals surface area contributed by atoms with Crippen LogP contribution < -0.4 is 10.9 Å². The molecule has 8 nitrogen and oxygen atoms in total. The third kappa shape index (κ3) is 4.34. The van der Waals surface area contributed by atoms with Gasteiger partial charge in [0.05, 0.1) is 18.9 Å². The zero-order chi connectivity index (χ0) is 18.5. The molecule has 0 saturated carbocycles. The smallest absolute Gasteiger partial charge is 0.268 e. The van der Waals surface area contributed by atoms with Crippen LogP contribution in [0, 0.1) is 5.82 Å². The summed E-state index contributed by atoms with van der Waals surface area (Å²) >= 11 is 1.20. The van der Waals surface area contributed by atoms with Gasteiger partial charge in [-0.1, -0.05) is 30.0 Å². The number of aromatic nitrogens is 4. The quantitative estimate of drug-likeness (QED) is 0.354. The number of anilines is 1. The SMILES string of the molecule is O=c1cnc2c(NCC(O)CO)nc(SCc3ccccc3F)nc2[nH]1. The van der Waals surface area contributed by atoms with Gasteiger partial charge in [0.2, 0.25) is 0 Å². The van der Waals surface area contributed by atoms with E-state index in [9.17, 15) is 14.3 Å². The van der Waals surface area contributed by atoms with E-state index >= 15 is 0 Å². The summed E-state index contributed by atoms with van der Waals surface area (Å²) in [6.07, 6.45) is 0.128. The molecule has 2 heterocycles. The standard InChI is InChI=1S/C16H16FN5O3S/c17-11-4-2-1-3-9(11)8-26-16-21-14(19-5-10(24)7-23)13-15(22-16)20-12(25)6-18-13/h1-4,6,10,23-24H,5,7-8H2,(H2,19,20,21,22,25). The summed E-state index contributed by atoms with van der Waals surface area (Å²) in [4.78, 5) is 26.7. The molecule has 3 rings (SSSR count). The maximum absolute atomic E-state index is 13.8. The molecule has 2 aromatic heterocycles. The molecule has 0 aliphatic rings. The minimum atomic E-state index is -0.975. The molecule has 0 bridgehead atoms. The molecule has 0 fully saturated rings. The van der Waals surface area contributed by atoms with Gasteiger partial charge in [0.15, 0.2) is 16.6 Å². The third-order valence-electron chi connectivity index (χ3n) is 3.45. The molecule has 1 atom stereocenters. The Labute approximate surface area is 151 Å². The fourth-order valence-corrected chi connectivity index (χ4v) is 2.97. The second-order valence-electron chi connectivity index (χ2n) is 5.40. The topological polar surface area (TPSA) is 124 Å². The summed E-state index contributed by atoms with van der Waals surface area (Å²) in [6.45, 7) is -0.365. The largest absolute Gasteiger partial charge is 0.394 e. The number of thioether (sulfide) groups is 1. The summed E-state index contributed by atoms with van der Waals surface area (Å²) in [5.41, 5.74) is 0.642. The van der Waals surface area contributed by atoms with Crippen molar-refractivity contribution in [2.45, 2.75) is 17.0 Å². The second kappa shape index (κ2) is 8.21. The predicted octanol–water partition coefficient (Wildman–Crippen LogP) is 0.910. The van der Waals surface area contributed by atoms with Crippen molar-refractivity contribution >= 4 is 28.7 Å². The molecular formula is C16H16FN5O3S. The van der Waals surface area contributed by atoms with Gasteiger partial charge in [0, 0.05) is 12.3 Å². The highest BCUT2D eigenvalue weighted by Crippen LogP contribution is 2.25. The van der Waals surface area contributed by atoms with Gasteiger partial charge in [-0.2, -0.15) is 0 Å². The lowest BCUT2D eigenvalue weighted by atomic mass is 10.2. The molecule has 26 heavy (non-hydrogen) atoms. The van der Waals surface area contributed by atoms with Gasteiger partial charge in [0.1, 0.15) is 11.3 Å². The molecule has 3 aromatic rings. The minimum Gasteiger partial charge on any atom is -0.394 e. The zero-order valence-electron chi connectivity index (χ0n) is 13.5. The molecule has 0 amide bonds. The molecule has 136 valence electrons. The van der Waals surface area contributed by atoms with Gasteiger partial charge in [-0.05, 0) is 11.6 Å². The summed E-state index contributed by atoms with van der Waals surface area (Å²) in [6, 6.07) is 6.40. The van der Waals surface area contributed by atoms with Crippen LogP contribution in [0.1, 0.15) is 5.56 Å². The van der Waals surface area contributed by atoms with Gasteiger partial charge in [0.25, 0.3) is 5.56 Å². The van der Waals surface area contributed by atoms with E-state index in [1.807, 2.05) is 0 Å². The number of aromatic amines is 1. The Morgan fingerprint density at radius 1 is 1.31 bits per heavy atom. The molecule has 0 aliphatic carbocycles. The Kier molecular flexibility index (Phi) is 5.76. The van der Waals surface area contributed by atoms with Crippen molar-refractivity contribution in [3.63, 3.8) is 0 Å². The Morgan fingerprint density at radius 3 is 2.88 bits per heavy atom. The number of hydrogen-bond acceptors (Lipinski definition) is 8. The number of rotatable bonds is 7. The molecule has 10 heteroatoms. The van der Waals surface area contributed by atoms with Gasteiger partial charge in [-0.3, -0.25) is 4.79 Å². The average Bonchev–Trinajstić information content (AvgIpc) is 2.64. The number of hydrogen-bond donors (Lipinski definition) is 4. The van der Waals surface area contributed by atoms with Crippen LogP contribution in [0.25, 0.3) is 11.2 Å². The molecule has 1 aromatic carbocycles. The highest BCUT2D eigenvalue weighted by Gasteiger charge is 2.13. The number of H-pyrrole nitrogens is 1. The normalized spacial score (nSPS) is 12.3. The first-order valence-corrected chi connectivity index (χ1v) is 8.71. The predicted molar refractivity (Wildman–Crippen MR) is 95.5 cm³/mol. The van der Waals surface area contributed by atoms with E-state index in [1.165, 1.54) is 17.8 Å². The lowest BCUT2D eigenvalue weighted by Gasteiger charge is -2.12. The van der Waals surface area contributed by atoms with Crippen LogP contribution in [-0.2, 0) is 5.75 Å². The number of halogens is 1. The number of aliphatic hydroxyl groups excluding tert-OH is 2. The average molecular weight is 377 g/mol. The van der Waals surface area contributed by atoms with E-state index in [4.69, 9.17) is 5.11 Å². The van der Waals surface area contributed by atoms with Crippen LogP contribution in [0.4, 0.5) is 10.2 Å². The van der Waals surface area contributed by atoms with Crippen LogP contribution in [0.3, 0.4) is 0 Å². The highest BCUT2D eigenvalue weighted by molar-refractivity contribution is 7.98. The lowest BCUT2D eigenvalue weighted by Crippen LogP contribution is -2.24. The number of nitrogens with zero attached hydrogens (tertiary/aromatic N) is 3. The van der Waals surface area contributed by atoms with Crippen molar-refractivity contribution < 1.29 is 14.6 Å². The molecule has 0 radical (unpaired) electrons. The second-order valence-corrected chi connectivity index (χ2v) is 6.34. The van der Waals surface area contributed by atoms with Crippen LogP contribution in [-0.4, -0.2) is 49.4 Å². The fraction of sp³-hybridized carbons (Fsp3) is 0.250. The minimum absolute atomic E-state index is 0.0425. The molecule has 0 aliphatic heterocycles. The van der Waals surface area contributed by atoms with Crippen molar-refractivity contribution in [2.75, 3.05) is 18.5 Å². The van der Waals surface area contributed by atoms with E-state index in [1.54, 1.807) is 18.2 Å². The Hall–Kier alpha value is -2.56. The van der Waals surface area contributed by atoms with Gasteiger partial charge >= 0.3 is 0 Å².